The van der Waals surface area contributed by atoms with E-state index in [9.17, 15) is 17.6 Å². The van der Waals surface area contributed by atoms with Gasteiger partial charge in [-0.05, 0) is 29.8 Å². The molecule has 0 saturated carbocycles. The number of alkyl halides is 3. The van der Waals surface area contributed by atoms with Crippen molar-refractivity contribution >= 4 is 11.6 Å². The van der Waals surface area contributed by atoms with Crippen LogP contribution in [0.4, 0.5) is 17.6 Å². The lowest BCUT2D eigenvalue weighted by Crippen LogP contribution is -2.09. The lowest BCUT2D eigenvalue weighted by atomic mass is 10.1. The van der Waals surface area contributed by atoms with Crippen LogP contribution in [0.2, 0.25) is 5.02 Å². The summed E-state index contributed by atoms with van der Waals surface area (Å²) in [7, 11) is 0. The van der Waals surface area contributed by atoms with E-state index in [-0.39, 0.29) is 17.3 Å². The third-order valence-corrected chi connectivity index (χ3v) is 2.99. The van der Waals surface area contributed by atoms with Crippen LogP contribution in [0.3, 0.4) is 0 Å². The van der Waals surface area contributed by atoms with E-state index in [2.05, 4.69) is 0 Å². The van der Waals surface area contributed by atoms with Gasteiger partial charge < -0.3 is 10.5 Å². The summed E-state index contributed by atoms with van der Waals surface area (Å²) >= 11 is 5.56. The first-order valence-corrected chi connectivity index (χ1v) is 6.22. The largest absolute Gasteiger partial charge is 0.457 e. The van der Waals surface area contributed by atoms with Gasteiger partial charge in [0.15, 0.2) is 0 Å². The Morgan fingerprint density at radius 3 is 2.38 bits per heavy atom. The Morgan fingerprint density at radius 2 is 1.81 bits per heavy atom. The number of benzene rings is 2. The first kappa shape index (κ1) is 15.6. The van der Waals surface area contributed by atoms with Crippen LogP contribution in [0.1, 0.15) is 11.1 Å². The molecule has 2 nitrogen and oxygen atoms in total. The van der Waals surface area contributed by atoms with Crippen molar-refractivity contribution < 1.29 is 22.3 Å². The van der Waals surface area contributed by atoms with Gasteiger partial charge in [-0.2, -0.15) is 13.2 Å². The van der Waals surface area contributed by atoms with Crippen molar-refractivity contribution in [2.24, 2.45) is 5.73 Å². The lowest BCUT2D eigenvalue weighted by molar-refractivity contribution is -0.138. The highest BCUT2D eigenvalue weighted by Gasteiger charge is 2.34. The molecule has 0 heterocycles. The summed E-state index contributed by atoms with van der Waals surface area (Å²) in [4.78, 5) is 0. The molecule has 7 heteroatoms. The van der Waals surface area contributed by atoms with E-state index >= 15 is 0 Å². The molecule has 2 aromatic carbocycles. The van der Waals surface area contributed by atoms with Gasteiger partial charge in [0.05, 0.1) is 10.6 Å². The predicted octanol–water partition coefficient (Wildman–Crippen LogP) is 4.75. The summed E-state index contributed by atoms with van der Waals surface area (Å²) in [6.45, 7) is -0.0221. The van der Waals surface area contributed by atoms with Gasteiger partial charge in [0.1, 0.15) is 17.3 Å². The van der Waals surface area contributed by atoms with Crippen LogP contribution >= 0.6 is 11.6 Å². The molecule has 0 unspecified atom stereocenters. The molecule has 2 rings (SSSR count). The Morgan fingerprint density at radius 1 is 1.10 bits per heavy atom. The highest BCUT2D eigenvalue weighted by molar-refractivity contribution is 6.30. The van der Waals surface area contributed by atoms with Crippen LogP contribution in [0, 0.1) is 5.82 Å². The number of rotatable bonds is 3. The smallest absolute Gasteiger partial charge is 0.419 e. The molecule has 0 amide bonds. The number of hydrogen-bond donors (Lipinski definition) is 1. The van der Waals surface area contributed by atoms with E-state index in [0.717, 1.165) is 18.2 Å². The van der Waals surface area contributed by atoms with Crippen LogP contribution in [0.25, 0.3) is 0 Å². The van der Waals surface area contributed by atoms with Crippen molar-refractivity contribution in [1.82, 2.24) is 0 Å². The molecule has 0 atom stereocenters. The van der Waals surface area contributed by atoms with Crippen LogP contribution in [-0.2, 0) is 12.7 Å². The maximum Gasteiger partial charge on any atom is 0.419 e. The average Bonchev–Trinajstić information content (AvgIpc) is 2.42. The molecule has 0 radical (unpaired) electrons. The van der Waals surface area contributed by atoms with E-state index < -0.39 is 23.3 Å². The van der Waals surface area contributed by atoms with Gasteiger partial charge >= 0.3 is 6.18 Å². The van der Waals surface area contributed by atoms with E-state index in [0.29, 0.717) is 5.56 Å². The molecule has 2 N–H and O–H groups in total. The SMILES string of the molecule is NCc1ccc(Oc2ccc(F)c(Cl)c2)c(C(F)(F)F)c1. The molecule has 0 bridgehead atoms. The van der Waals surface area contributed by atoms with Gasteiger partial charge in [-0.15, -0.1) is 0 Å². The quantitative estimate of drug-likeness (QED) is 0.829. The van der Waals surface area contributed by atoms with Crippen LogP contribution < -0.4 is 10.5 Å². The van der Waals surface area contributed by atoms with E-state index in [1.807, 2.05) is 0 Å². The molecule has 0 spiro atoms. The van der Waals surface area contributed by atoms with Gasteiger partial charge in [-0.25, -0.2) is 4.39 Å². The number of hydrogen-bond acceptors (Lipinski definition) is 2. The molecule has 0 aliphatic heterocycles. The number of halogens is 5. The highest BCUT2D eigenvalue weighted by Crippen LogP contribution is 2.39. The van der Waals surface area contributed by atoms with Gasteiger partial charge in [0.25, 0.3) is 0 Å². The standard InChI is InChI=1S/C14H10ClF4NO/c15-11-6-9(2-3-12(11)16)21-13-4-1-8(7-20)5-10(13)14(17,18)19/h1-6H,7,20H2. The van der Waals surface area contributed by atoms with Crippen molar-refractivity contribution in [3.63, 3.8) is 0 Å². The Balaban J connectivity index is 2.41. The van der Waals surface area contributed by atoms with Gasteiger partial charge in [0.2, 0.25) is 0 Å². The number of nitrogens with two attached hydrogens (primary N) is 1. The second-order valence-electron chi connectivity index (χ2n) is 4.21. The predicted molar refractivity (Wildman–Crippen MR) is 70.8 cm³/mol. The van der Waals surface area contributed by atoms with E-state index in [1.165, 1.54) is 18.2 Å². The minimum atomic E-state index is -4.59. The first-order chi connectivity index (χ1) is 9.81. The third-order valence-electron chi connectivity index (χ3n) is 2.70. The lowest BCUT2D eigenvalue weighted by Gasteiger charge is -2.15. The summed E-state index contributed by atoms with van der Waals surface area (Å²) in [5.41, 5.74) is 4.71. The molecule has 21 heavy (non-hydrogen) atoms. The molecule has 112 valence electrons. The zero-order chi connectivity index (χ0) is 15.6. The molecule has 0 aliphatic carbocycles. The summed E-state index contributed by atoms with van der Waals surface area (Å²) in [5.74, 6) is -1.08. The monoisotopic (exact) mass is 319 g/mol. The summed E-state index contributed by atoms with van der Waals surface area (Å²) in [6, 6.07) is 6.82. The van der Waals surface area contributed by atoms with Gasteiger partial charge in [0, 0.05) is 12.6 Å². The van der Waals surface area contributed by atoms with Crippen LogP contribution in [0.5, 0.6) is 11.5 Å². The second kappa shape index (κ2) is 5.91. The summed E-state index contributed by atoms with van der Waals surface area (Å²) < 4.78 is 57.2. The summed E-state index contributed by atoms with van der Waals surface area (Å²) in [5, 5.41) is -0.236. The Kier molecular flexibility index (Phi) is 4.39. The maximum absolute atomic E-state index is 13.0. The maximum atomic E-state index is 13.0. The minimum Gasteiger partial charge on any atom is -0.457 e. The Hall–Kier alpha value is -1.79. The normalized spacial score (nSPS) is 11.5. The average molecular weight is 320 g/mol. The summed E-state index contributed by atoms with van der Waals surface area (Å²) in [6.07, 6.45) is -4.59. The Bertz CT molecular complexity index is 658. The van der Waals surface area contributed by atoms with Crippen molar-refractivity contribution in [2.75, 3.05) is 0 Å². The van der Waals surface area contributed by atoms with E-state index in [1.54, 1.807) is 0 Å². The molecule has 0 saturated heterocycles. The molecule has 2 aromatic rings. The van der Waals surface area contributed by atoms with Gasteiger partial charge in [-0.1, -0.05) is 17.7 Å². The minimum absolute atomic E-state index is 0.00685. The molecular weight excluding hydrogens is 310 g/mol. The van der Waals surface area contributed by atoms with Crippen molar-refractivity contribution in [1.29, 1.82) is 0 Å². The van der Waals surface area contributed by atoms with Crippen molar-refractivity contribution in [2.45, 2.75) is 12.7 Å². The van der Waals surface area contributed by atoms with E-state index in [4.69, 9.17) is 22.1 Å². The first-order valence-electron chi connectivity index (χ1n) is 5.84. The number of ether oxygens (including phenoxy) is 1. The zero-order valence-corrected chi connectivity index (χ0v) is 11.3. The highest BCUT2D eigenvalue weighted by atomic mass is 35.5. The fraction of sp³-hybridized carbons (Fsp3) is 0.143. The van der Waals surface area contributed by atoms with Gasteiger partial charge in [-0.3, -0.25) is 0 Å². The molecular formula is C14H10ClF4NO. The third kappa shape index (κ3) is 3.65. The molecule has 0 aromatic heterocycles. The molecule has 0 aliphatic rings. The topological polar surface area (TPSA) is 35.2 Å². The Labute approximate surface area is 123 Å². The second-order valence-corrected chi connectivity index (χ2v) is 4.62. The van der Waals surface area contributed by atoms with Crippen molar-refractivity contribution in [3.05, 3.63) is 58.4 Å². The zero-order valence-electron chi connectivity index (χ0n) is 10.5. The fourth-order valence-corrected chi connectivity index (χ4v) is 1.85. The van der Waals surface area contributed by atoms with Crippen LogP contribution in [-0.4, -0.2) is 0 Å². The molecule has 0 fully saturated rings. The fourth-order valence-electron chi connectivity index (χ4n) is 1.68. The van der Waals surface area contributed by atoms with Crippen molar-refractivity contribution in [3.8, 4) is 11.5 Å². The van der Waals surface area contributed by atoms with Crippen LogP contribution in [0.15, 0.2) is 36.4 Å².